The molecule has 4 unspecified atom stereocenters. The minimum Gasteiger partial charge on any atom is -0.311 e. The van der Waals surface area contributed by atoms with E-state index >= 15 is 0 Å². The molecule has 4 atom stereocenters. The molecule has 0 amide bonds. The van der Waals surface area contributed by atoms with Gasteiger partial charge in [0.25, 0.3) is 0 Å². The van der Waals surface area contributed by atoms with E-state index in [0.29, 0.717) is 0 Å². The van der Waals surface area contributed by atoms with Gasteiger partial charge in [-0.05, 0) is 37.5 Å². The van der Waals surface area contributed by atoms with Gasteiger partial charge in [0.1, 0.15) is 0 Å². The van der Waals surface area contributed by atoms with Crippen molar-refractivity contribution in [1.82, 2.24) is 5.32 Å². The van der Waals surface area contributed by atoms with Crippen molar-refractivity contribution in [3.8, 4) is 0 Å². The highest BCUT2D eigenvalue weighted by Crippen LogP contribution is 2.35. The topological polar surface area (TPSA) is 12.0 Å². The van der Waals surface area contributed by atoms with E-state index in [1.54, 1.807) is 0 Å². The van der Waals surface area contributed by atoms with Crippen LogP contribution in [0.5, 0.6) is 0 Å². The molecule has 2 rings (SSSR count). The molecule has 1 nitrogen and oxygen atoms in total. The lowest BCUT2D eigenvalue weighted by Crippen LogP contribution is -2.29. The van der Waals surface area contributed by atoms with Crippen LogP contribution in [0.1, 0.15) is 46.0 Å². The quantitative estimate of drug-likeness (QED) is 0.681. The van der Waals surface area contributed by atoms with Crippen molar-refractivity contribution >= 4 is 0 Å². The monoisotopic (exact) mass is 167 g/mol. The Hall–Kier alpha value is -0.0400. The van der Waals surface area contributed by atoms with Crippen LogP contribution in [-0.4, -0.2) is 12.1 Å². The molecule has 12 heavy (non-hydrogen) atoms. The fraction of sp³-hybridized carbons (Fsp3) is 1.00. The normalized spacial score (nSPS) is 46.5. The van der Waals surface area contributed by atoms with E-state index < -0.39 is 0 Å². The molecule has 0 heterocycles. The predicted molar refractivity (Wildman–Crippen MR) is 52.1 cm³/mol. The summed E-state index contributed by atoms with van der Waals surface area (Å²) >= 11 is 0. The Morgan fingerprint density at radius 3 is 2.58 bits per heavy atom. The molecule has 0 bridgehead atoms. The molecular formula is C11H21N. The number of nitrogens with one attached hydrogen (secondary N) is 1. The van der Waals surface area contributed by atoms with Gasteiger partial charge < -0.3 is 5.32 Å². The van der Waals surface area contributed by atoms with E-state index in [9.17, 15) is 0 Å². The Morgan fingerprint density at radius 1 is 1.25 bits per heavy atom. The molecule has 0 radical (unpaired) electrons. The van der Waals surface area contributed by atoms with E-state index in [1.807, 2.05) is 0 Å². The predicted octanol–water partition coefficient (Wildman–Crippen LogP) is 2.56. The Balaban J connectivity index is 1.68. The van der Waals surface area contributed by atoms with Crippen LogP contribution in [-0.2, 0) is 0 Å². The molecule has 2 fully saturated rings. The number of rotatable bonds is 3. The van der Waals surface area contributed by atoms with Crippen molar-refractivity contribution in [2.75, 3.05) is 0 Å². The molecule has 0 aromatic rings. The summed E-state index contributed by atoms with van der Waals surface area (Å²) in [5, 5.41) is 3.78. The fourth-order valence-corrected chi connectivity index (χ4v) is 2.56. The van der Waals surface area contributed by atoms with E-state index in [1.165, 1.54) is 32.1 Å². The maximum Gasteiger partial charge on any atom is 0.0102 e. The third-order valence-electron chi connectivity index (χ3n) is 3.59. The van der Waals surface area contributed by atoms with Gasteiger partial charge in [-0.2, -0.15) is 0 Å². The summed E-state index contributed by atoms with van der Waals surface area (Å²) in [5.41, 5.74) is 0. The van der Waals surface area contributed by atoms with Crippen LogP contribution >= 0.6 is 0 Å². The third kappa shape index (κ3) is 1.82. The molecule has 0 aliphatic heterocycles. The van der Waals surface area contributed by atoms with Crippen LogP contribution in [0, 0.1) is 11.8 Å². The smallest absolute Gasteiger partial charge is 0.0102 e. The standard InChI is InChI=1S/C11H21N/c1-3-9-7-11(9)12-10-5-4-8(2)6-10/h8-12H,3-7H2,1-2H3. The van der Waals surface area contributed by atoms with Gasteiger partial charge in [0.05, 0.1) is 0 Å². The Labute approximate surface area is 75.9 Å². The second-order valence-electron chi connectivity index (χ2n) is 4.79. The average molecular weight is 167 g/mol. The maximum atomic E-state index is 3.78. The SMILES string of the molecule is CCC1CC1NC1CCC(C)C1. The van der Waals surface area contributed by atoms with Crippen LogP contribution in [0.3, 0.4) is 0 Å². The van der Waals surface area contributed by atoms with Gasteiger partial charge in [0.2, 0.25) is 0 Å². The average Bonchev–Trinajstić information content (AvgIpc) is 2.67. The highest BCUT2D eigenvalue weighted by atomic mass is 15.0. The highest BCUT2D eigenvalue weighted by molar-refractivity contribution is 4.95. The first-order valence-corrected chi connectivity index (χ1v) is 5.55. The molecule has 0 saturated heterocycles. The molecule has 1 heteroatoms. The lowest BCUT2D eigenvalue weighted by Gasteiger charge is -2.11. The first kappa shape index (κ1) is 8.55. The molecule has 0 aromatic heterocycles. The number of hydrogen-bond donors (Lipinski definition) is 1. The van der Waals surface area contributed by atoms with Crippen molar-refractivity contribution in [3.05, 3.63) is 0 Å². The van der Waals surface area contributed by atoms with Crippen molar-refractivity contribution in [1.29, 1.82) is 0 Å². The lowest BCUT2D eigenvalue weighted by molar-refractivity contribution is 0.483. The Bertz CT molecular complexity index is 155. The first-order valence-electron chi connectivity index (χ1n) is 5.55. The summed E-state index contributed by atoms with van der Waals surface area (Å²) in [7, 11) is 0. The van der Waals surface area contributed by atoms with Gasteiger partial charge in [-0.15, -0.1) is 0 Å². The van der Waals surface area contributed by atoms with Gasteiger partial charge in [-0.3, -0.25) is 0 Å². The summed E-state index contributed by atoms with van der Waals surface area (Å²) in [6, 6.07) is 1.76. The molecule has 2 aliphatic carbocycles. The second kappa shape index (κ2) is 3.37. The minimum absolute atomic E-state index is 0.863. The van der Waals surface area contributed by atoms with Gasteiger partial charge in [0, 0.05) is 12.1 Å². The van der Waals surface area contributed by atoms with Crippen molar-refractivity contribution in [3.63, 3.8) is 0 Å². The summed E-state index contributed by atoms with van der Waals surface area (Å²) < 4.78 is 0. The lowest BCUT2D eigenvalue weighted by atomic mass is 10.1. The first-order chi connectivity index (χ1) is 5.79. The molecule has 0 aromatic carbocycles. The van der Waals surface area contributed by atoms with Crippen LogP contribution < -0.4 is 5.32 Å². The Kier molecular flexibility index (Phi) is 2.40. The molecule has 2 aliphatic rings. The van der Waals surface area contributed by atoms with Gasteiger partial charge in [-0.25, -0.2) is 0 Å². The maximum absolute atomic E-state index is 3.78. The summed E-state index contributed by atoms with van der Waals surface area (Å²) in [5.74, 6) is 1.99. The fourth-order valence-electron chi connectivity index (χ4n) is 2.56. The summed E-state index contributed by atoms with van der Waals surface area (Å²) in [4.78, 5) is 0. The van der Waals surface area contributed by atoms with E-state index in [0.717, 1.165) is 23.9 Å². The summed E-state index contributed by atoms with van der Waals surface area (Å²) in [6.07, 6.45) is 7.11. The molecule has 1 N–H and O–H groups in total. The number of hydrogen-bond acceptors (Lipinski definition) is 1. The van der Waals surface area contributed by atoms with Gasteiger partial charge in [0.15, 0.2) is 0 Å². The molecular weight excluding hydrogens is 146 g/mol. The Morgan fingerprint density at radius 2 is 2.08 bits per heavy atom. The van der Waals surface area contributed by atoms with Gasteiger partial charge in [-0.1, -0.05) is 20.3 Å². The zero-order valence-corrected chi connectivity index (χ0v) is 8.34. The highest BCUT2D eigenvalue weighted by Gasteiger charge is 2.37. The van der Waals surface area contributed by atoms with Gasteiger partial charge >= 0.3 is 0 Å². The van der Waals surface area contributed by atoms with Crippen LogP contribution in [0.4, 0.5) is 0 Å². The minimum atomic E-state index is 0.863. The van der Waals surface area contributed by atoms with E-state index in [2.05, 4.69) is 19.2 Å². The van der Waals surface area contributed by atoms with Crippen LogP contribution in [0.25, 0.3) is 0 Å². The molecule has 0 spiro atoms. The molecule has 70 valence electrons. The van der Waals surface area contributed by atoms with E-state index in [4.69, 9.17) is 0 Å². The third-order valence-corrected chi connectivity index (χ3v) is 3.59. The van der Waals surface area contributed by atoms with Crippen molar-refractivity contribution < 1.29 is 0 Å². The van der Waals surface area contributed by atoms with Crippen molar-refractivity contribution in [2.24, 2.45) is 11.8 Å². The zero-order valence-electron chi connectivity index (χ0n) is 8.34. The van der Waals surface area contributed by atoms with E-state index in [-0.39, 0.29) is 0 Å². The second-order valence-corrected chi connectivity index (χ2v) is 4.79. The summed E-state index contributed by atoms with van der Waals surface area (Å²) in [6.45, 7) is 4.69. The van der Waals surface area contributed by atoms with Crippen molar-refractivity contribution in [2.45, 2.75) is 58.0 Å². The zero-order chi connectivity index (χ0) is 8.55. The molecule has 2 saturated carbocycles. The largest absolute Gasteiger partial charge is 0.311 e. The van der Waals surface area contributed by atoms with Crippen LogP contribution in [0.15, 0.2) is 0 Å². The van der Waals surface area contributed by atoms with Crippen LogP contribution in [0.2, 0.25) is 0 Å².